The summed E-state index contributed by atoms with van der Waals surface area (Å²) in [6.07, 6.45) is 2.81. The molecule has 0 spiro atoms. The Balaban J connectivity index is 2.23. The molecule has 0 aliphatic carbocycles. The molecule has 0 amide bonds. The van der Waals surface area contributed by atoms with Crippen molar-refractivity contribution >= 4 is 9.84 Å². The van der Waals surface area contributed by atoms with Gasteiger partial charge in [0, 0.05) is 12.3 Å². The first-order chi connectivity index (χ1) is 9.30. The van der Waals surface area contributed by atoms with E-state index in [0.717, 1.165) is 32.2 Å². The predicted octanol–water partition coefficient (Wildman–Crippen LogP) is 2.82. The number of hydrogen-bond acceptors (Lipinski definition) is 3. The van der Waals surface area contributed by atoms with E-state index in [1.165, 1.54) is 6.07 Å². The Morgan fingerprint density at radius 1 is 1.25 bits per heavy atom. The standard InChI is InChI=1S/C15H22FNO2S/c1-11(2)17-9-7-12(8-10-17)13-5-4-6-14(15(13)16)20(3,18)19/h4-6,11-12H,7-10H2,1-3H3. The molecule has 0 aromatic heterocycles. The van der Waals surface area contributed by atoms with Crippen molar-refractivity contribution < 1.29 is 12.8 Å². The molecule has 0 saturated carbocycles. The summed E-state index contributed by atoms with van der Waals surface area (Å²) in [5, 5.41) is 0. The molecule has 1 aliphatic rings. The van der Waals surface area contributed by atoms with E-state index >= 15 is 0 Å². The lowest BCUT2D eigenvalue weighted by Gasteiger charge is -2.35. The third kappa shape index (κ3) is 3.20. The second kappa shape index (κ2) is 5.82. The van der Waals surface area contributed by atoms with Gasteiger partial charge in [0.25, 0.3) is 0 Å². The van der Waals surface area contributed by atoms with Gasteiger partial charge in [0.2, 0.25) is 0 Å². The number of benzene rings is 1. The highest BCUT2D eigenvalue weighted by Crippen LogP contribution is 2.32. The molecule has 3 nitrogen and oxygen atoms in total. The molecule has 0 bridgehead atoms. The quantitative estimate of drug-likeness (QED) is 0.861. The van der Waals surface area contributed by atoms with Crippen molar-refractivity contribution in [3.8, 4) is 0 Å². The molecular weight excluding hydrogens is 277 g/mol. The third-order valence-corrected chi connectivity index (χ3v) is 5.21. The molecule has 0 atom stereocenters. The van der Waals surface area contributed by atoms with Crippen LogP contribution in [0.5, 0.6) is 0 Å². The van der Waals surface area contributed by atoms with Crippen LogP contribution >= 0.6 is 0 Å². The summed E-state index contributed by atoms with van der Waals surface area (Å²) in [7, 11) is -3.50. The molecule has 20 heavy (non-hydrogen) atoms. The lowest BCUT2D eigenvalue weighted by atomic mass is 9.88. The van der Waals surface area contributed by atoms with Crippen molar-refractivity contribution in [3.05, 3.63) is 29.6 Å². The second-order valence-corrected chi connectivity index (χ2v) is 7.82. The monoisotopic (exact) mass is 299 g/mol. The SMILES string of the molecule is CC(C)N1CCC(c2cccc(S(C)(=O)=O)c2F)CC1. The Labute approximate surface area is 120 Å². The van der Waals surface area contributed by atoms with Gasteiger partial charge in [-0.05, 0) is 57.3 Å². The van der Waals surface area contributed by atoms with E-state index in [2.05, 4.69) is 18.7 Å². The van der Waals surface area contributed by atoms with Gasteiger partial charge in [-0.2, -0.15) is 0 Å². The van der Waals surface area contributed by atoms with Crippen LogP contribution in [0.1, 0.15) is 38.2 Å². The minimum absolute atomic E-state index is 0.117. The molecular formula is C15H22FNO2S. The fraction of sp³-hybridized carbons (Fsp3) is 0.600. The zero-order valence-corrected chi connectivity index (χ0v) is 13.1. The molecule has 1 heterocycles. The van der Waals surface area contributed by atoms with Gasteiger partial charge in [-0.3, -0.25) is 0 Å². The lowest BCUT2D eigenvalue weighted by Crippen LogP contribution is -2.38. The first kappa shape index (κ1) is 15.4. The van der Waals surface area contributed by atoms with Gasteiger partial charge in [-0.25, -0.2) is 12.8 Å². The van der Waals surface area contributed by atoms with Gasteiger partial charge < -0.3 is 4.90 Å². The van der Waals surface area contributed by atoms with Crippen LogP contribution in [0.3, 0.4) is 0 Å². The van der Waals surface area contributed by atoms with Crippen LogP contribution in [0.2, 0.25) is 0 Å². The maximum atomic E-state index is 14.4. The van der Waals surface area contributed by atoms with Crippen molar-refractivity contribution in [1.82, 2.24) is 4.90 Å². The summed E-state index contributed by atoms with van der Waals surface area (Å²) in [6.45, 7) is 6.19. The fourth-order valence-electron chi connectivity index (χ4n) is 2.86. The van der Waals surface area contributed by atoms with Crippen molar-refractivity contribution in [2.75, 3.05) is 19.3 Å². The number of sulfone groups is 1. The van der Waals surface area contributed by atoms with Gasteiger partial charge in [0.1, 0.15) is 10.7 Å². The average Bonchev–Trinajstić information content (AvgIpc) is 2.37. The second-order valence-electron chi connectivity index (χ2n) is 5.84. The zero-order chi connectivity index (χ0) is 14.9. The summed E-state index contributed by atoms with van der Waals surface area (Å²) in [5.41, 5.74) is 0.552. The third-order valence-electron chi connectivity index (χ3n) is 4.09. The largest absolute Gasteiger partial charge is 0.301 e. The molecule has 1 fully saturated rings. The minimum Gasteiger partial charge on any atom is -0.301 e. The Morgan fingerprint density at radius 2 is 1.85 bits per heavy atom. The molecule has 112 valence electrons. The van der Waals surface area contributed by atoms with Crippen LogP contribution in [-0.4, -0.2) is 38.7 Å². The molecule has 5 heteroatoms. The smallest absolute Gasteiger partial charge is 0.178 e. The van der Waals surface area contributed by atoms with Crippen molar-refractivity contribution in [3.63, 3.8) is 0 Å². The summed E-state index contributed by atoms with van der Waals surface area (Å²) in [4.78, 5) is 2.19. The maximum absolute atomic E-state index is 14.4. The van der Waals surface area contributed by atoms with Crippen LogP contribution in [-0.2, 0) is 9.84 Å². The molecule has 1 aliphatic heterocycles. The van der Waals surface area contributed by atoms with Gasteiger partial charge in [-0.15, -0.1) is 0 Å². The van der Waals surface area contributed by atoms with E-state index in [-0.39, 0.29) is 10.8 Å². The topological polar surface area (TPSA) is 37.4 Å². The molecule has 1 aromatic rings. The minimum atomic E-state index is -3.50. The first-order valence-corrected chi connectivity index (χ1v) is 8.92. The molecule has 0 N–H and O–H groups in total. The summed E-state index contributed by atoms with van der Waals surface area (Å²) < 4.78 is 37.6. The van der Waals surface area contributed by atoms with E-state index in [0.29, 0.717) is 11.6 Å². The highest BCUT2D eigenvalue weighted by Gasteiger charge is 2.26. The number of nitrogens with zero attached hydrogens (tertiary/aromatic N) is 1. The highest BCUT2D eigenvalue weighted by atomic mass is 32.2. The van der Waals surface area contributed by atoms with Crippen LogP contribution < -0.4 is 0 Å². The van der Waals surface area contributed by atoms with E-state index in [1.54, 1.807) is 12.1 Å². The van der Waals surface area contributed by atoms with Gasteiger partial charge >= 0.3 is 0 Å². The summed E-state index contributed by atoms with van der Waals surface area (Å²) in [5.74, 6) is -0.440. The molecule has 2 rings (SSSR count). The number of piperidine rings is 1. The summed E-state index contributed by atoms with van der Waals surface area (Å²) in [6, 6.07) is 5.21. The number of halogens is 1. The van der Waals surface area contributed by atoms with Crippen LogP contribution in [0, 0.1) is 5.82 Å². The van der Waals surface area contributed by atoms with Crippen molar-refractivity contribution in [1.29, 1.82) is 0 Å². The number of likely N-dealkylation sites (tertiary alicyclic amines) is 1. The fourth-order valence-corrected chi connectivity index (χ4v) is 3.63. The van der Waals surface area contributed by atoms with Crippen molar-refractivity contribution in [2.24, 2.45) is 0 Å². The first-order valence-electron chi connectivity index (χ1n) is 7.03. The molecule has 0 unspecified atom stereocenters. The van der Waals surface area contributed by atoms with Crippen LogP contribution in [0.25, 0.3) is 0 Å². The lowest BCUT2D eigenvalue weighted by molar-refractivity contribution is 0.170. The van der Waals surface area contributed by atoms with E-state index in [9.17, 15) is 12.8 Å². The maximum Gasteiger partial charge on any atom is 0.178 e. The highest BCUT2D eigenvalue weighted by molar-refractivity contribution is 7.90. The average molecular weight is 299 g/mol. The van der Waals surface area contributed by atoms with Crippen molar-refractivity contribution in [2.45, 2.75) is 43.5 Å². The van der Waals surface area contributed by atoms with Gasteiger partial charge in [-0.1, -0.05) is 12.1 Å². The molecule has 0 radical (unpaired) electrons. The zero-order valence-electron chi connectivity index (χ0n) is 12.3. The molecule has 1 aromatic carbocycles. The molecule has 1 saturated heterocycles. The normalized spacial score (nSPS) is 18.6. The predicted molar refractivity (Wildman–Crippen MR) is 78.2 cm³/mol. The van der Waals surface area contributed by atoms with Crippen LogP contribution in [0.4, 0.5) is 4.39 Å². The number of hydrogen-bond donors (Lipinski definition) is 0. The van der Waals surface area contributed by atoms with E-state index in [4.69, 9.17) is 0 Å². The van der Waals surface area contributed by atoms with Gasteiger partial charge in [0.05, 0.1) is 0 Å². The van der Waals surface area contributed by atoms with Crippen LogP contribution in [0.15, 0.2) is 23.1 Å². The van der Waals surface area contributed by atoms with Gasteiger partial charge in [0.15, 0.2) is 9.84 Å². The Hall–Kier alpha value is -0.940. The van der Waals surface area contributed by atoms with E-state index in [1.807, 2.05) is 0 Å². The Morgan fingerprint density at radius 3 is 2.35 bits per heavy atom. The summed E-state index contributed by atoms with van der Waals surface area (Å²) >= 11 is 0. The Bertz CT molecular complexity index is 576. The van der Waals surface area contributed by atoms with E-state index < -0.39 is 15.7 Å². The number of rotatable bonds is 3. The Kier molecular flexibility index (Phi) is 4.49.